The predicted molar refractivity (Wildman–Crippen MR) is 124 cm³/mol. The first-order valence-corrected chi connectivity index (χ1v) is 10.7. The van der Waals surface area contributed by atoms with Crippen LogP contribution in [0, 0.1) is 13.8 Å². The summed E-state index contributed by atoms with van der Waals surface area (Å²) in [4.78, 5) is 41.7. The average Bonchev–Trinajstić information content (AvgIpc) is 3.08. The molecule has 0 radical (unpaired) electrons. The van der Waals surface area contributed by atoms with E-state index in [0.717, 1.165) is 21.5 Å². The van der Waals surface area contributed by atoms with Gasteiger partial charge in [0.1, 0.15) is 6.54 Å². The van der Waals surface area contributed by atoms with Crippen LogP contribution in [0.1, 0.15) is 21.7 Å². The van der Waals surface area contributed by atoms with Gasteiger partial charge in [0.05, 0.1) is 17.2 Å². The number of ketones is 1. The Morgan fingerprint density at radius 3 is 2.62 bits per heavy atom. The van der Waals surface area contributed by atoms with Gasteiger partial charge in [0, 0.05) is 27.1 Å². The second-order valence-corrected chi connectivity index (χ2v) is 8.29. The maximum Gasteiger partial charge on any atom is 0.326 e. The molecule has 2 heterocycles. The van der Waals surface area contributed by atoms with E-state index in [-0.39, 0.29) is 17.9 Å². The summed E-state index contributed by atoms with van der Waals surface area (Å²) in [7, 11) is 0. The number of hydrogen-bond donors (Lipinski definition) is 0. The molecule has 0 aliphatic rings. The summed E-state index contributed by atoms with van der Waals surface area (Å²) in [6, 6.07) is 16.4. The molecular formula is C24H20BrN3O4. The molecule has 7 nitrogen and oxygen atoms in total. The molecule has 0 saturated carbocycles. The Hall–Kier alpha value is -3.52. The van der Waals surface area contributed by atoms with Crippen LogP contribution in [0.5, 0.6) is 0 Å². The molecule has 0 bridgehead atoms. The quantitative estimate of drug-likeness (QED) is 0.299. The standard InChI is InChI=1S/C24H20BrN3O4/c1-15-10-20(16(2)28(15)18-7-5-6-17(25)11-18)22(29)13-32-23(30)12-27-14-26-21-9-4-3-8-19(21)24(27)31/h3-11,14H,12-13H2,1-2H3. The number of esters is 1. The molecule has 2 aromatic heterocycles. The first-order valence-electron chi connectivity index (χ1n) is 9.93. The van der Waals surface area contributed by atoms with Crippen LogP contribution >= 0.6 is 15.9 Å². The molecule has 0 amide bonds. The predicted octanol–water partition coefficient (Wildman–Crippen LogP) is 3.99. The van der Waals surface area contributed by atoms with Gasteiger partial charge in [-0.2, -0.15) is 0 Å². The Labute approximate surface area is 192 Å². The van der Waals surface area contributed by atoms with Crippen LogP contribution < -0.4 is 5.56 Å². The van der Waals surface area contributed by atoms with Crippen molar-refractivity contribution in [1.82, 2.24) is 14.1 Å². The lowest BCUT2D eigenvalue weighted by atomic mass is 10.1. The molecular weight excluding hydrogens is 474 g/mol. The van der Waals surface area contributed by atoms with Gasteiger partial charge < -0.3 is 9.30 Å². The van der Waals surface area contributed by atoms with Crippen LogP contribution in [0.4, 0.5) is 0 Å². The van der Waals surface area contributed by atoms with Gasteiger partial charge >= 0.3 is 5.97 Å². The van der Waals surface area contributed by atoms with Crippen LogP contribution in [0.3, 0.4) is 0 Å². The highest BCUT2D eigenvalue weighted by molar-refractivity contribution is 9.10. The SMILES string of the molecule is Cc1cc(C(=O)COC(=O)Cn2cnc3ccccc3c2=O)c(C)n1-c1cccc(Br)c1. The number of benzene rings is 2. The maximum atomic E-state index is 12.7. The van der Waals surface area contributed by atoms with Gasteiger partial charge in [-0.3, -0.25) is 19.0 Å². The number of aryl methyl sites for hydroxylation is 1. The monoisotopic (exact) mass is 493 g/mol. The smallest absolute Gasteiger partial charge is 0.326 e. The van der Waals surface area contributed by atoms with Crippen LogP contribution in [-0.4, -0.2) is 32.5 Å². The molecule has 0 N–H and O–H groups in total. The van der Waals surface area contributed by atoms with Gasteiger partial charge in [-0.15, -0.1) is 0 Å². The number of rotatable bonds is 6. The van der Waals surface area contributed by atoms with Gasteiger partial charge in [0.25, 0.3) is 5.56 Å². The highest BCUT2D eigenvalue weighted by atomic mass is 79.9. The summed E-state index contributed by atoms with van der Waals surface area (Å²) in [5.74, 6) is -0.991. The van der Waals surface area contributed by atoms with Gasteiger partial charge in [0.15, 0.2) is 6.61 Å². The third kappa shape index (κ3) is 4.27. The minimum atomic E-state index is -0.682. The van der Waals surface area contributed by atoms with Crippen molar-refractivity contribution < 1.29 is 14.3 Å². The lowest BCUT2D eigenvalue weighted by Gasteiger charge is -2.10. The third-order valence-corrected chi connectivity index (χ3v) is 5.69. The van der Waals surface area contributed by atoms with E-state index >= 15 is 0 Å². The number of carbonyl (C=O) groups is 2. The molecule has 0 unspecified atom stereocenters. The van der Waals surface area contributed by atoms with Crippen LogP contribution in [0.2, 0.25) is 0 Å². The van der Waals surface area contributed by atoms with Crippen molar-refractivity contribution in [3.05, 3.63) is 92.7 Å². The first-order chi connectivity index (χ1) is 15.3. The van der Waals surface area contributed by atoms with Crippen molar-refractivity contribution >= 4 is 38.6 Å². The minimum absolute atomic E-state index is 0.309. The molecule has 4 rings (SSSR count). The van der Waals surface area contributed by atoms with E-state index in [2.05, 4.69) is 20.9 Å². The van der Waals surface area contributed by atoms with Gasteiger partial charge in [-0.1, -0.05) is 34.1 Å². The van der Waals surface area contributed by atoms with Crippen molar-refractivity contribution in [2.45, 2.75) is 20.4 Å². The molecule has 162 valence electrons. The van der Waals surface area contributed by atoms with Gasteiger partial charge in [0.2, 0.25) is 5.78 Å². The van der Waals surface area contributed by atoms with Crippen molar-refractivity contribution in [2.24, 2.45) is 0 Å². The second kappa shape index (κ2) is 8.92. The van der Waals surface area contributed by atoms with Crippen molar-refractivity contribution in [3.8, 4) is 5.69 Å². The fourth-order valence-electron chi connectivity index (χ4n) is 3.68. The third-order valence-electron chi connectivity index (χ3n) is 5.19. The van der Waals surface area contributed by atoms with Crippen LogP contribution in [0.15, 0.2) is 70.2 Å². The normalized spacial score (nSPS) is 11.0. The number of para-hydroxylation sites is 1. The average molecular weight is 494 g/mol. The van der Waals surface area contributed by atoms with Crippen LogP contribution in [-0.2, 0) is 16.1 Å². The fraction of sp³-hybridized carbons (Fsp3) is 0.167. The number of halogens is 1. The van der Waals surface area contributed by atoms with E-state index in [0.29, 0.717) is 16.5 Å². The largest absolute Gasteiger partial charge is 0.456 e. The summed E-state index contributed by atoms with van der Waals surface area (Å²) >= 11 is 3.46. The van der Waals surface area contributed by atoms with E-state index in [1.807, 2.05) is 42.7 Å². The second-order valence-electron chi connectivity index (χ2n) is 7.38. The molecule has 8 heteroatoms. The number of carbonyl (C=O) groups excluding carboxylic acids is 2. The number of fused-ring (bicyclic) bond motifs is 1. The molecule has 0 saturated heterocycles. The van der Waals surface area contributed by atoms with E-state index in [1.54, 1.807) is 30.3 Å². The van der Waals surface area contributed by atoms with E-state index in [1.165, 1.54) is 10.9 Å². The Morgan fingerprint density at radius 1 is 1.06 bits per heavy atom. The summed E-state index contributed by atoms with van der Waals surface area (Å²) < 4.78 is 9.25. The van der Waals surface area contributed by atoms with E-state index in [4.69, 9.17) is 4.74 Å². The van der Waals surface area contributed by atoms with Crippen LogP contribution in [0.25, 0.3) is 16.6 Å². The summed E-state index contributed by atoms with van der Waals surface area (Å²) in [5.41, 5.74) is 3.28. The molecule has 0 aliphatic carbocycles. The summed E-state index contributed by atoms with van der Waals surface area (Å²) in [6.07, 6.45) is 1.30. The van der Waals surface area contributed by atoms with E-state index in [9.17, 15) is 14.4 Å². The Kier molecular flexibility index (Phi) is 6.05. The van der Waals surface area contributed by atoms with E-state index < -0.39 is 12.6 Å². The lowest BCUT2D eigenvalue weighted by molar-refractivity contribution is -0.143. The molecule has 0 atom stereocenters. The Bertz CT molecular complexity index is 1400. The molecule has 0 fully saturated rings. The number of ether oxygens (including phenoxy) is 1. The minimum Gasteiger partial charge on any atom is -0.456 e. The Morgan fingerprint density at radius 2 is 1.84 bits per heavy atom. The fourth-order valence-corrected chi connectivity index (χ4v) is 4.07. The zero-order valence-corrected chi connectivity index (χ0v) is 19.1. The number of Topliss-reactive ketones (excluding diaryl/α,β-unsaturated/α-hetero) is 1. The van der Waals surface area contributed by atoms with Crippen molar-refractivity contribution in [1.29, 1.82) is 0 Å². The zero-order valence-electron chi connectivity index (χ0n) is 17.5. The topological polar surface area (TPSA) is 83.2 Å². The molecule has 32 heavy (non-hydrogen) atoms. The molecule has 2 aromatic carbocycles. The molecule has 0 aliphatic heterocycles. The number of nitrogens with zero attached hydrogens (tertiary/aromatic N) is 3. The van der Waals surface area contributed by atoms with Gasteiger partial charge in [-0.25, -0.2) is 4.98 Å². The summed E-state index contributed by atoms with van der Waals surface area (Å²) in [5, 5.41) is 0.416. The lowest BCUT2D eigenvalue weighted by Crippen LogP contribution is -2.26. The molecule has 0 spiro atoms. The van der Waals surface area contributed by atoms with Crippen molar-refractivity contribution in [2.75, 3.05) is 6.61 Å². The maximum absolute atomic E-state index is 12.7. The summed E-state index contributed by atoms with van der Waals surface area (Å²) in [6.45, 7) is 3.04. The first kappa shape index (κ1) is 21.7. The number of aromatic nitrogens is 3. The van der Waals surface area contributed by atoms with Gasteiger partial charge in [-0.05, 0) is 50.2 Å². The highest BCUT2D eigenvalue weighted by Crippen LogP contribution is 2.23. The zero-order chi connectivity index (χ0) is 22.8. The Balaban J connectivity index is 1.46. The number of hydrogen-bond acceptors (Lipinski definition) is 5. The molecule has 4 aromatic rings. The van der Waals surface area contributed by atoms with Crippen molar-refractivity contribution in [3.63, 3.8) is 0 Å². The highest BCUT2D eigenvalue weighted by Gasteiger charge is 2.19.